The maximum atomic E-state index is 12.5. The van der Waals surface area contributed by atoms with Crippen molar-refractivity contribution in [1.29, 1.82) is 0 Å². The van der Waals surface area contributed by atoms with Crippen LogP contribution in [0.25, 0.3) is 11.1 Å². The zero-order valence-electron chi connectivity index (χ0n) is 17.4. The lowest BCUT2D eigenvalue weighted by atomic mass is 9.98. The summed E-state index contributed by atoms with van der Waals surface area (Å²) in [4.78, 5) is 35.3. The lowest BCUT2D eigenvalue weighted by Crippen LogP contribution is -2.46. The number of nitrogens with one attached hydrogen (secondary N) is 2. The number of fused-ring (bicyclic) bond motifs is 3. The number of carboxylic acids is 1. The summed E-state index contributed by atoms with van der Waals surface area (Å²) in [6.07, 6.45) is -4.59. The molecule has 1 aliphatic rings. The average Bonchev–Trinajstić information content (AvgIpc) is 3.09. The van der Waals surface area contributed by atoms with Gasteiger partial charge >= 0.3 is 12.1 Å². The van der Waals surface area contributed by atoms with Crippen molar-refractivity contribution in [2.75, 3.05) is 13.2 Å². The van der Waals surface area contributed by atoms with Gasteiger partial charge < -0.3 is 20.5 Å². The third-order valence-corrected chi connectivity index (χ3v) is 5.37. The normalized spacial score (nSPS) is 14.2. The molecule has 32 heavy (non-hydrogen) atoms. The van der Waals surface area contributed by atoms with E-state index in [-0.39, 0.29) is 19.1 Å². The number of rotatable bonds is 9. The summed E-state index contributed by atoms with van der Waals surface area (Å²) >= 11 is 0. The maximum absolute atomic E-state index is 12.5. The smallest absolute Gasteiger partial charge is 0.407 e. The van der Waals surface area contributed by atoms with E-state index >= 15 is 0 Å². The van der Waals surface area contributed by atoms with Crippen molar-refractivity contribution < 1.29 is 33.0 Å². The molecular formula is C23H24F2N2O5. The largest absolute Gasteiger partial charge is 0.480 e. The molecule has 3 rings (SSSR count). The van der Waals surface area contributed by atoms with Crippen molar-refractivity contribution in [3.63, 3.8) is 0 Å². The van der Waals surface area contributed by atoms with Crippen molar-refractivity contribution in [2.24, 2.45) is 5.92 Å². The van der Waals surface area contributed by atoms with Gasteiger partial charge in [-0.1, -0.05) is 55.5 Å². The van der Waals surface area contributed by atoms with Gasteiger partial charge in [0, 0.05) is 18.9 Å². The summed E-state index contributed by atoms with van der Waals surface area (Å²) in [5.74, 6) is -3.25. The molecule has 3 N–H and O–H groups in total. The van der Waals surface area contributed by atoms with Gasteiger partial charge in [0.1, 0.15) is 12.6 Å². The zero-order chi connectivity index (χ0) is 23.3. The molecule has 0 aromatic heterocycles. The number of carboxylic acid groups (broad SMARTS) is 1. The Labute approximate surface area is 183 Å². The molecule has 0 fully saturated rings. The molecule has 0 spiro atoms. The Bertz CT molecular complexity index is 952. The Morgan fingerprint density at radius 2 is 1.59 bits per heavy atom. The number of carbonyl (C=O) groups excluding carboxylic acids is 2. The van der Waals surface area contributed by atoms with Gasteiger partial charge in [-0.25, -0.2) is 18.4 Å². The van der Waals surface area contributed by atoms with E-state index in [1.54, 1.807) is 0 Å². The van der Waals surface area contributed by atoms with Crippen LogP contribution in [-0.2, 0) is 14.3 Å². The highest BCUT2D eigenvalue weighted by atomic mass is 19.3. The monoisotopic (exact) mass is 446 g/mol. The fourth-order valence-electron chi connectivity index (χ4n) is 3.69. The number of carbonyl (C=O) groups is 3. The first kappa shape index (κ1) is 23.2. The van der Waals surface area contributed by atoms with E-state index in [2.05, 4.69) is 10.6 Å². The molecule has 0 heterocycles. The van der Waals surface area contributed by atoms with Crippen LogP contribution in [0.15, 0.2) is 48.5 Å². The highest BCUT2D eigenvalue weighted by Gasteiger charge is 2.29. The quantitative estimate of drug-likeness (QED) is 0.548. The number of alkyl halides is 2. The first-order valence-corrected chi connectivity index (χ1v) is 10.2. The van der Waals surface area contributed by atoms with E-state index < -0.39 is 42.8 Å². The number of aliphatic carboxylic acids is 1. The van der Waals surface area contributed by atoms with Gasteiger partial charge in [-0.15, -0.1) is 0 Å². The van der Waals surface area contributed by atoms with E-state index in [0.717, 1.165) is 22.3 Å². The number of ether oxygens (including phenoxy) is 1. The Balaban J connectivity index is 1.51. The molecule has 0 bridgehead atoms. The SMILES string of the molecule is CC(CNC(=O)OCC1c2ccccc2-c2ccccc21)C(=O)NC(CC(F)F)C(=O)O. The highest BCUT2D eigenvalue weighted by Crippen LogP contribution is 2.44. The van der Waals surface area contributed by atoms with E-state index in [9.17, 15) is 23.2 Å². The van der Waals surface area contributed by atoms with E-state index in [1.165, 1.54) is 6.92 Å². The second kappa shape index (κ2) is 10.2. The van der Waals surface area contributed by atoms with Gasteiger partial charge in [-0.3, -0.25) is 4.79 Å². The van der Waals surface area contributed by atoms with Crippen molar-refractivity contribution in [3.8, 4) is 11.1 Å². The minimum Gasteiger partial charge on any atom is -0.480 e. The first-order valence-electron chi connectivity index (χ1n) is 10.2. The molecule has 0 saturated carbocycles. The molecule has 7 nitrogen and oxygen atoms in total. The molecule has 0 saturated heterocycles. The Morgan fingerprint density at radius 1 is 1.03 bits per heavy atom. The minimum atomic E-state index is -2.87. The summed E-state index contributed by atoms with van der Waals surface area (Å²) in [6.45, 7) is 1.42. The number of benzene rings is 2. The highest BCUT2D eigenvalue weighted by molar-refractivity contribution is 5.85. The topological polar surface area (TPSA) is 105 Å². The predicted molar refractivity (Wildman–Crippen MR) is 112 cm³/mol. The van der Waals surface area contributed by atoms with Gasteiger partial charge in [0.05, 0.1) is 5.92 Å². The second-order valence-corrected chi connectivity index (χ2v) is 7.63. The Morgan fingerprint density at radius 3 is 2.12 bits per heavy atom. The van der Waals surface area contributed by atoms with Crippen LogP contribution in [0.5, 0.6) is 0 Å². The lowest BCUT2D eigenvalue weighted by molar-refractivity contribution is -0.143. The van der Waals surface area contributed by atoms with Gasteiger partial charge in [-0.05, 0) is 22.3 Å². The van der Waals surface area contributed by atoms with E-state index in [1.807, 2.05) is 48.5 Å². The Hall–Kier alpha value is -3.49. The third kappa shape index (κ3) is 5.40. The standard InChI is InChI=1S/C23H24F2N2O5/c1-13(21(28)27-19(22(29)30)10-20(24)25)11-26-23(31)32-12-18-16-8-4-2-6-14(16)15-7-3-5-9-17(15)18/h2-9,13,18-20H,10-12H2,1H3,(H,26,31)(H,27,28)(H,29,30). The molecule has 170 valence electrons. The van der Waals surface area contributed by atoms with Gasteiger partial charge in [0.2, 0.25) is 12.3 Å². The summed E-state index contributed by atoms with van der Waals surface area (Å²) < 4.78 is 30.3. The van der Waals surface area contributed by atoms with Crippen LogP contribution in [0.3, 0.4) is 0 Å². The fraction of sp³-hybridized carbons (Fsp3) is 0.348. The van der Waals surface area contributed by atoms with E-state index in [4.69, 9.17) is 9.84 Å². The van der Waals surface area contributed by atoms with Gasteiger partial charge in [0.15, 0.2) is 0 Å². The molecule has 2 atom stereocenters. The second-order valence-electron chi connectivity index (χ2n) is 7.63. The zero-order valence-corrected chi connectivity index (χ0v) is 17.4. The van der Waals surface area contributed by atoms with Crippen LogP contribution in [-0.4, -0.2) is 48.7 Å². The van der Waals surface area contributed by atoms with Crippen LogP contribution in [0.2, 0.25) is 0 Å². The summed E-state index contributed by atoms with van der Waals surface area (Å²) in [7, 11) is 0. The average molecular weight is 446 g/mol. The van der Waals surface area contributed by atoms with Gasteiger partial charge in [-0.2, -0.15) is 0 Å². The minimum absolute atomic E-state index is 0.107. The lowest BCUT2D eigenvalue weighted by Gasteiger charge is -2.18. The van der Waals surface area contributed by atoms with Crippen LogP contribution in [0, 0.1) is 5.92 Å². The number of halogens is 2. The van der Waals surface area contributed by atoms with Crippen LogP contribution >= 0.6 is 0 Å². The maximum Gasteiger partial charge on any atom is 0.407 e. The van der Waals surface area contributed by atoms with Crippen molar-refractivity contribution >= 4 is 18.0 Å². The van der Waals surface area contributed by atoms with Gasteiger partial charge in [0.25, 0.3) is 0 Å². The molecule has 2 aromatic carbocycles. The number of hydrogen-bond donors (Lipinski definition) is 3. The number of hydrogen-bond acceptors (Lipinski definition) is 4. The Kier molecular flexibility index (Phi) is 7.40. The first-order chi connectivity index (χ1) is 15.3. The summed E-state index contributed by atoms with van der Waals surface area (Å²) in [5, 5.41) is 13.5. The molecule has 0 radical (unpaired) electrons. The fourth-order valence-corrected chi connectivity index (χ4v) is 3.69. The van der Waals surface area contributed by atoms with Crippen molar-refractivity contribution in [1.82, 2.24) is 10.6 Å². The third-order valence-electron chi connectivity index (χ3n) is 5.37. The molecule has 2 unspecified atom stereocenters. The molecule has 1 aliphatic carbocycles. The van der Waals surface area contributed by atoms with Crippen molar-refractivity contribution in [3.05, 3.63) is 59.7 Å². The summed E-state index contributed by atoms with van der Waals surface area (Å²) in [5.41, 5.74) is 4.32. The molecule has 2 aromatic rings. The summed E-state index contributed by atoms with van der Waals surface area (Å²) in [6, 6.07) is 14.1. The number of amides is 2. The molecule has 2 amide bonds. The predicted octanol–water partition coefficient (Wildman–Crippen LogP) is 3.39. The van der Waals surface area contributed by atoms with Crippen LogP contribution in [0.4, 0.5) is 13.6 Å². The van der Waals surface area contributed by atoms with Crippen LogP contribution < -0.4 is 10.6 Å². The molecular weight excluding hydrogens is 422 g/mol. The number of alkyl carbamates (subject to hydrolysis) is 1. The molecule has 0 aliphatic heterocycles. The van der Waals surface area contributed by atoms with Crippen molar-refractivity contribution in [2.45, 2.75) is 31.7 Å². The van der Waals surface area contributed by atoms with Crippen LogP contribution in [0.1, 0.15) is 30.4 Å². The molecule has 9 heteroatoms. The van der Waals surface area contributed by atoms with E-state index in [0.29, 0.717) is 0 Å².